The molecule has 0 radical (unpaired) electrons. The molecule has 0 aliphatic heterocycles. The molecule has 0 atom stereocenters. The van der Waals surface area contributed by atoms with Gasteiger partial charge in [0.1, 0.15) is 5.82 Å². The third-order valence-corrected chi connectivity index (χ3v) is 2.96. The first-order valence-corrected chi connectivity index (χ1v) is 6.26. The van der Waals surface area contributed by atoms with Gasteiger partial charge in [-0.2, -0.15) is 0 Å². The van der Waals surface area contributed by atoms with E-state index >= 15 is 0 Å². The fraction of sp³-hybridized carbons (Fsp3) is 0.267. The van der Waals surface area contributed by atoms with Gasteiger partial charge in [-0.05, 0) is 36.8 Å². The van der Waals surface area contributed by atoms with Crippen molar-refractivity contribution in [3.63, 3.8) is 0 Å². The van der Waals surface area contributed by atoms with Crippen LogP contribution in [-0.4, -0.2) is 18.6 Å². The van der Waals surface area contributed by atoms with Crippen molar-refractivity contribution in [3.8, 4) is 0 Å². The van der Waals surface area contributed by atoms with Gasteiger partial charge in [-0.15, -0.1) is 0 Å². The summed E-state index contributed by atoms with van der Waals surface area (Å²) in [4.78, 5) is 6.58. The Morgan fingerprint density at radius 2 is 1.94 bits per heavy atom. The van der Waals surface area contributed by atoms with Crippen molar-refractivity contribution >= 4 is 11.5 Å². The highest BCUT2D eigenvalue weighted by Crippen LogP contribution is 2.17. The Labute approximate surface area is 108 Å². The summed E-state index contributed by atoms with van der Waals surface area (Å²) >= 11 is 0. The highest BCUT2D eigenvalue weighted by molar-refractivity contribution is 5.47. The van der Waals surface area contributed by atoms with Gasteiger partial charge in [0.2, 0.25) is 0 Å². The molecule has 0 aliphatic rings. The molecule has 1 heterocycles. The maximum absolute atomic E-state index is 4.23. The number of pyridine rings is 1. The summed E-state index contributed by atoms with van der Waals surface area (Å²) in [5.41, 5.74) is 2.52. The number of hydrogen-bond donors (Lipinski definition) is 1. The van der Waals surface area contributed by atoms with Crippen LogP contribution >= 0.6 is 0 Å². The second-order valence-electron chi connectivity index (χ2n) is 4.15. The van der Waals surface area contributed by atoms with Gasteiger partial charge >= 0.3 is 0 Å². The number of nitrogens with zero attached hydrogens (tertiary/aromatic N) is 2. The molecule has 0 spiro atoms. The molecule has 0 saturated carbocycles. The van der Waals surface area contributed by atoms with Crippen LogP contribution in [0.15, 0.2) is 48.7 Å². The molecular formula is C15H19N3. The zero-order valence-electron chi connectivity index (χ0n) is 10.9. The van der Waals surface area contributed by atoms with E-state index < -0.39 is 0 Å². The Bertz CT molecular complexity index is 482. The second kappa shape index (κ2) is 6.05. The van der Waals surface area contributed by atoms with Crippen molar-refractivity contribution in [2.75, 3.05) is 23.8 Å². The lowest BCUT2D eigenvalue weighted by molar-refractivity contribution is 0.830. The Balaban J connectivity index is 2.15. The summed E-state index contributed by atoms with van der Waals surface area (Å²) < 4.78 is 0. The molecule has 2 rings (SSSR count). The molecular weight excluding hydrogens is 222 g/mol. The number of benzene rings is 1. The van der Waals surface area contributed by atoms with E-state index in [0.29, 0.717) is 0 Å². The van der Waals surface area contributed by atoms with Crippen LogP contribution in [0.4, 0.5) is 11.5 Å². The van der Waals surface area contributed by atoms with E-state index in [9.17, 15) is 0 Å². The maximum Gasteiger partial charge on any atom is 0.125 e. The zero-order chi connectivity index (χ0) is 12.8. The molecule has 1 aromatic carbocycles. The largest absolute Gasteiger partial charge is 0.373 e. The van der Waals surface area contributed by atoms with Crippen LogP contribution in [0.2, 0.25) is 0 Å². The van der Waals surface area contributed by atoms with Crippen LogP contribution in [0, 0.1) is 0 Å². The van der Waals surface area contributed by atoms with Gasteiger partial charge in [-0.25, -0.2) is 4.98 Å². The Morgan fingerprint density at radius 3 is 2.61 bits per heavy atom. The minimum atomic E-state index is 0.901. The van der Waals surface area contributed by atoms with Gasteiger partial charge < -0.3 is 10.2 Å². The van der Waals surface area contributed by atoms with E-state index in [1.54, 1.807) is 0 Å². The molecule has 1 aromatic heterocycles. The third kappa shape index (κ3) is 3.00. The molecule has 0 saturated heterocycles. The SMILES string of the molecule is CCN(Cc1ccnc(NC)c1)c1ccccc1. The van der Waals surface area contributed by atoms with Gasteiger partial charge in [0.15, 0.2) is 0 Å². The highest BCUT2D eigenvalue weighted by atomic mass is 15.1. The van der Waals surface area contributed by atoms with Crippen LogP contribution in [0.25, 0.3) is 0 Å². The highest BCUT2D eigenvalue weighted by Gasteiger charge is 2.05. The second-order valence-corrected chi connectivity index (χ2v) is 4.15. The average molecular weight is 241 g/mol. The summed E-state index contributed by atoms with van der Waals surface area (Å²) in [5, 5.41) is 3.07. The average Bonchev–Trinajstić information content (AvgIpc) is 2.46. The molecule has 0 bridgehead atoms. The number of rotatable bonds is 5. The normalized spacial score (nSPS) is 10.1. The first kappa shape index (κ1) is 12.4. The smallest absolute Gasteiger partial charge is 0.125 e. The zero-order valence-corrected chi connectivity index (χ0v) is 10.9. The molecule has 1 N–H and O–H groups in total. The molecule has 18 heavy (non-hydrogen) atoms. The van der Waals surface area contributed by atoms with Crippen LogP contribution in [-0.2, 0) is 6.54 Å². The molecule has 0 unspecified atom stereocenters. The van der Waals surface area contributed by atoms with E-state index in [1.807, 2.05) is 19.3 Å². The lowest BCUT2D eigenvalue weighted by Gasteiger charge is -2.23. The Hall–Kier alpha value is -2.03. The fourth-order valence-corrected chi connectivity index (χ4v) is 1.95. The molecule has 0 fully saturated rings. The van der Waals surface area contributed by atoms with Crippen LogP contribution < -0.4 is 10.2 Å². The summed E-state index contributed by atoms with van der Waals surface area (Å²) in [6, 6.07) is 14.6. The molecule has 0 amide bonds. The Kier molecular flexibility index (Phi) is 4.18. The fourth-order valence-electron chi connectivity index (χ4n) is 1.95. The van der Waals surface area contributed by atoms with Crippen molar-refractivity contribution < 1.29 is 0 Å². The Morgan fingerprint density at radius 1 is 1.17 bits per heavy atom. The standard InChI is InChI=1S/C15H19N3/c1-3-18(14-7-5-4-6-8-14)12-13-9-10-17-15(11-13)16-2/h4-11H,3,12H2,1-2H3,(H,16,17). The first-order chi connectivity index (χ1) is 8.83. The van der Waals surface area contributed by atoms with Gasteiger partial charge in [0, 0.05) is 32.0 Å². The third-order valence-electron chi connectivity index (χ3n) is 2.96. The predicted octanol–water partition coefficient (Wildman–Crippen LogP) is 3.15. The molecule has 3 nitrogen and oxygen atoms in total. The number of anilines is 2. The number of aromatic nitrogens is 1. The molecule has 0 aliphatic carbocycles. The minimum absolute atomic E-state index is 0.901. The van der Waals surface area contributed by atoms with Crippen molar-refractivity contribution in [1.29, 1.82) is 0 Å². The van der Waals surface area contributed by atoms with Gasteiger partial charge in [-0.1, -0.05) is 18.2 Å². The minimum Gasteiger partial charge on any atom is -0.373 e. The predicted molar refractivity (Wildman–Crippen MR) is 76.9 cm³/mol. The summed E-state index contributed by atoms with van der Waals surface area (Å²) in [6.45, 7) is 4.06. The monoisotopic (exact) mass is 241 g/mol. The lowest BCUT2D eigenvalue weighted by atomic mass is 10.2. The number of para-hydroxylation sites is 1. The maximum atomic E-state index is 4.23. The van der Waals surface area contributed by atoms with Gasteiger partial charge in [0.05, 0.1) is 0 Å². The van der Waals surface area contributed by atoms with Crippen LogP contribution in [0.5, 0.6) is 0 Å². The van der Waals surface area contributed by atoms with E-state index in [-0.39, 0.29) is 0 Å². The van der Waals surface area contributed by atoms with Crippen molar-refractivity contribution in [2.24, 2.45) is 0 Å². The quantitative estimate of drug-likeness (QED) is 0.871. The lowest BCUT2D eigenvalue weighted by Crippen LogP contribution is -2.21. The molecule has 94 valence electrons. The van der Waals surface area contributed by atoms with Gasteiger partial charge in [0.25, 0.3) is 0 Å². The van der Waals surface area contributed by atoms with Crippen LogP contribution in [0.1, 0.15) is 12.5 Å². The van der Waals surface area contributed by atoms with E-state index in [1.165, 1.54) is 11.3 Å². The summed E-state index contributed by atoms with van der Waals surface area (Å²) in [5.74, 6) is 0.914. The number of hydrogen-bond acceptors (Lipinski definition) is 3. The molecule has 2 aromatic rings. The van der Waals surface area contributed by atoms with Crippen molar-refractivity contribution in [2.45, 2.75) is 13.5 Å². The summed E-state index contributed by atoms with van der Waals surface area (Å²) in [7, 11) is 1.89. The van der Waals surface area contributed by atoms with Crippen LogP contribution in [0.3, 0.4) is 0 Å². The van der Waals surface area contributed by atoms with Crippen molar-refractivity contribution in [3.05, 3.63) is 54.2 Å². The molecule has 3 heteroatoms. The van der Waals surface area contributed by atoms with Crippen molar-refractivity contribution in [1.82, 2.24) is 4.98 Å². The van der Waals surface area contributed by atoms with E-state index in [4.69, 9.17) is 0 Å². The van der Waals surface area contributed by atoms with E-state index in [0.717, 1.165) is 18.9 Å². The number of nitrogens with one attached hydrogen (secondary N) is 1. The van der Waals surface area contributed by atoms with E-state index in [2.05, 4.69) is 58.5 Å². The first-order valence-electron chi connectivity index (χ1n) is 6.26. The topological polar surface area (TPSA) is 28.2 Å². The van der Waals surface area contributed by atoms with Gasteiger partial charge in [-0.3, -0.25) is 0 Å². The summed E-state index contributed by atoms with van der Waals surface area (Å²) in [6.07, 6.45) is 1.85.